The predicted molar refractivity (Wildman–Crippen MR) is 116 cm³/mol. The zero-order chi connectivity index (χ0) is 19.1. The molecule has 5 aromatic rings. The van der Waals surface area contributed by atoms with Crippen LogP contribution in [0, 0.1) is 0 Å². The van der Waals surface area contributed by atoms with E-state index in [1.54, 1.807) is 11.3 Å². The van der Waals surface area contributed by atoms with Crippen LogP contribution in [0.15, 0.2) is 73.1 Å². The van der Waals surface area contributed by atoms with Crippen LogP contribution in [0.1, 0.15) is 5.56 Å². The van der Waals surface area contributed by atoms with Crippen molar-refractivity contribution < 1.29 is 0 Å². The van der Waals surface area contributed by atoms with E-state index in [1.165, 1.54) is 0 Å². The Morgan fingerprint density at radius 3 is 2.79 bits per heavy atom. The van der Waals surface area contributed by atoms with E-state index in [0.29, 0.717) is 0 Å². The minimum absolute atomic E-state index is 0.769. The number of anilines is 1. The lowest BCUT2D eigenvalue weighted by Gasteiger charge is -2.10. The van der Waals surface area contributed by atoms with Gasteiger partial charge < -0.3 is 5.32 Å². The van der Waals surface area contributed by atoms with E-state index in [4.69, 9.17) is 0 Å². The number of nitrogens with one attached hydrogen (secondary N) is 1. The highest BCUT2D eigenvalue weighted by Gasteiger charge is 2.06. The Balaban J connectivity index is 1.45. The number of thiazole rings is 1. The SMILES string of the molecule is C=C(Nc1cc2cc(-c3cnn(C)c3)ccc2cn1)c1ccc2ncsc2c1. The van der Waals surface area contributed by atoms with Gasteiger partial charge in [0.05, 0.1) is 21.9 Å². The van der Waals surface area contributed by atoms with Gasteiger partial charge in [-0.25, -0.2) is 9.97 Å². The molecule has 0 spiro atoms. The average molecular weight is 383 g/mol. The van der Waals surface area contributed by atoms with Crippen molar-refractivity contribution in [2.45, 2.75) is 0 Å². The fourth-order valence-corrected chi connectivity index (χ4v) is 3.95. The van der Waals surface area contributed by atoms with Crippen LogP contribution < -0.4 is 5.32 Å². The van der Waals surface area contributed by atoms with Crippen molar-refractivity contribution in [1.82, 2.24) is 19.7 Å². The molecule has 0 bridgehead atoms. The van der Waals surface area contributed by atoms with E-state index in [2.05, 4.69) is 51.2 Å². The third kappa shape index (κ3) is 3.04. The van der Waals surface area contributed by atoms with Crippen LogP contribution >= 0.6 is 11.3 Å². The Morgan fingerprint density at radius 2 is 1.93 bits per heavy atom. The molecule has 0 aliphatic carbocycles. The monoisotopic (exact) mass is 383 g/mol. The second-order valence-corrected chi connectivity index (χ2v) is 7.56. The normalized spacial score (nSPS) is 11.2. The molecule has 0 aliphatic rings. The van der Waals surface area contributed by atoms with Gasteiger partial charge in [0.2, 0.25) is 0 Å². The van der Waals surface area contributed by atoms with Gasteiger partial charge in [0.15, 0.2) is 0 Å². The van der Waals surface area contributed by atoms with Gasteiger partial charge in [-0.15, -0.1) is 11.3 Å². The van der Waals surface area contributed by atoms with Gasteiger partial charge in [-0.05, 0) is 40.8 Å². The second-order valence-electron chi connectivity index (χ2n) is 6.67. The highest BCUT2D eigenvalue weighted by atomic mass is 32.1. The quantitative estimate of drug-likeness (QED) is 0.456. The lowest BCUT2D eigenvalue weighted by Crippen LogP contribution is -1.99. The van der Waals surface area contributed by atoms with Gasteiger partial charge >= 0.3 is 0 Å². The summed E-state index contributed by atoms with van der Waals surface area (Å²) in [4.78, 5) is 8.86. The molecular weight excluding hydrogens is 366 g/mol. The Bertz CT molecular complexity index is 1330. The Hall–Kier alpha value is -3.51. The van der Waals surface area contributed by atoms with Crippen LogP contribution in [-0.4, -0.2) is 19.7 Å². The molecule has 0 unspecified atom stereocenters. The molecule has 0 saturated carbocycles. The molecule has 0 atom stereocenters. The standard InChI is InChI=1S/C22H17N5S/c1-14(15-5-6-20-21(8-15)28-13-24-20)26-22-9-18-7-16(3-4-17(18)10-23-22)19-11-25-27(2)12-19/h3-13H,1H2,2H3,(H,23,26). The van der Waals surface area contributed by atoms with E-state index >= 15 is 0 Å². The molecule has 5 nitrogen and oxygen atoms in total. The molecule has 1 N–H and O–H groups in total. The molecule has 3 heterocycles. The maximum Gasteiger partial charge on any atom is 0.130 e. The first-order valence-corrected chi connectivity index (χ1v) is 9.72. The van der Waals surface area contributed by atoms with Crippen molar-refractivity contribution in [2.24, 2.45) is 7.05 Å². The van der Waals surface area contributed by atoms with Crippen LogP contribution in [0.3, 0.4) is 0 Å². The topological polar surface area (TPSA) is 55.6 Å². The van der Waals surface area contributed by atoms with Crippen LogP contribution in [-0.2, 0) is 7.05 Å². The number of aryl methyl sites for hydroxylation is 1. The lowest BCUT2D eigenvalue weighted by atomic mass is 10.0. The first kappa shape index (κ1) is 16.6. The van der Waals surface area contributed by atoms with E-state index < -0.39 is 0 Å². The minimum atomic E-state index is 0.769. The van der Waals surface area contributed by atoms with E-state index in [-0.39, 0.29) is 0 Å². The zero-order valence-corrected chi connectivity index (χ0v) is 16.1. The smallest absolute Gasteiger partial charge is 0.130 e. The molecule has 0 aliphatic heterocycles. The number of fused-ring (bicyclic) bond motifs is 2. The fraction of sp³-hybridized carbons (Fsp3) is 0.0455. The summed E-state index contributed by atoms with van der Waals surface area (Å²) < 4.78 is 2.95. The second kappa shape index (κ2) is 6.58. The highest BCUT2D eigenvalue weighted by molar-refractivity contribution is 7.16. The molecule has 6 heteroatoms. The van der Waals surface area contributed by atoms with Crippen LogP contribution in [0.25, 0.3) is 37.8 Å². The lowest BCUT2D eigenvalue weighted by molar-refractivity contribution is 0.768. The number of nitrogens with zero attached hydrogens (tertiary/aromatic N) is 4. The van der Waals surface area contributed by atoms with Crippen LogP contribution in [0.4, 0.5) is 5.82 Å². The molecule has 5 rings (SSSR count). The highest BCUT2D eigenvalue weighted by Crippen LogP contribution is 2.27. The average Bonchev–Trinajstić information content (AvgIpc) is 3.35. The van der Waals surface area contributed by atoms with Crippen molar-refractivity contribution in [3.05, 3.63) is 78.7 Å². The van der Waals surface area contributed by atoms with Gasteiger partial charge in [-0.1, -0.05) is 24.8 Å². The molecule has 0 radical (unpaired) electrons. The largest absolute Gasteiger partial charge is 0.340 e. The molecule has 0 fully saturated rings. The van der Waals surface area contributed by atoms with Crippen LogP contribution in [0.5, 0.6) is 0 Å². The third-order valence-corrected chi connectivity index (χ3v) is 5.51. The van der Waals surface area contributed by atoms with Crippen molar-refractivity contribution in [3.8, 4) is 11.1 Å². The van der Waals surface area contributed by atoms with Crippen molar-refractivity contribution in [1.29, 1.82) is 0 Å². The van der Waals surface area contributed by atoms with E-state index in [1.807, 2.05) is 54.0 Å². The van der Waals surface area contributed by atoms with Gasteiger partial charge in [-0.3, -0.25) is 4.68 Å². The number of hydrogen-bond donors (Lipinski definition) is 1. The molecule has 3 aromatic heterocycles. The molecule has 0 amide bonds. The summed E-state index contributed by atoms with van der Waals surface area (Å²) in [6, 6.07) is 14.5. The zero-order valence-electron chi connectivity index (χ0n) is 15.3. The van der Waals surface area contributed by atoms with Crippen LogP contribution in [0.2, 0.25) is 0 Å². The Morgan fingerprint density at radius 1 is 1.00 bits per heavy atom. The van der Waals surface area contributed by atoms with Gasteiger partial charge in [0, 0.05) is 36.1 Å². The number of rotatable bonds is 4. The van der Waals surface area contributed by atoms with E-state index in [9.17, 15) is 0 Å². The summed E-state index contributed by atoms with van der Waals surface area (Å²) in [6.45, 7) is 4.18. The van der Waals surface area contributed by atoms with Gasteiger partial charge in [0.25, 0.3) is 0 Å². The summed E-state index contributed by atoms with van der Waals surface area (Å²) in [7, 11) is 1.92. The maximum atomic E-state index is 4.53. The molecule has 28 heavy (non-hydrogen) atoms. The predicted octanol–water partition coefficient (Wildman–Crippen LogP) is 5.33. The van der Waals surface area contributed by atoms with Gasteiger partial charge in [-0.2, -0.15) is 5.10 Å². The minimum Gasteiger partial charge on any atom is -0.340 e. The third-order valence-electron chi connectivity index (χ3n) is 4.72. The summed E-state index contributed by atoms with van der Waals surface area (Å²) in [5.74, 6) is 0.769. The summed E-state index contributed by atoms with van der Waals surface area (Å²) in [6.07, 6.45) is 5.77. The molecule has 0 saturated heterocycles. The fourth-order valence-electron chi connectivity index (χ4n) is 3.23. The van der Waals surface area contributed by atoms with E-state index in [0.717, 1.165) is 49.2 Å². The van der Waals surface area contributed by atoms with Crippen molar-refractivity contribution >= 4 is 43.8 Å². The summed E-state index contributed by atoms with van der Waals surface area (Å²) in [5.41, 5.74) is 6.93. The molecular formula is C22H17N5S. The number of hydrogen-bond acceptors (Lipinski definition) is 5. The first-order valence-electron chi connectivity index (χ1n) is 8.84. The summed E-state index contributed by atoms with van der Waals surface area (Å²) in [5, 5.41) is 9.80. The number of aromatic nitrogens is 4. The number of benzene rings is 2. The Kier molecular flexibility index (Phi) is 3.91. The molecule has 136 valence electrons. The maximum absolute atomic E-state index is 4.53. The van der Waals surface area contributed by atoms with Crippen molar-refractivity contribution in [3.63, 3.8) is 0 Å². The number of pyridine rings is 1. The van der Waals surface area contributed by atoms with Crippen molar-refractivity contribution in [2.75, 3.05) is 5.32 Å². The summed E-state index contributed by atoms with van der Waals surface area (Å²) >= 11 is 1.63. The first-order chi connectivity index (χ1) is 13.7. The Labute approximate surface area is 166 Å². The van der Waals surface area contributed by atoms with Gasteiger partial charge in [0.1, 0.15) is 5.82 Å². The molecule has 2 aromatic carbocycles.